The minimum absolute atomic E-state index is 0.267. The van der Waals surface area contributed by atoms with E-state index in [4.69, 9.17) is 4.74 Å². The normalized spacial score (nSPS) is 9.91. The fourth-order valence-corrected chi connectivity index (χ4v) is 1.81. The first-order chi connectivity index (χ1) is 11.1. The molecule has 0 atom stereocenters. The molecule has 0 heterocycles. The minimum Gasteiger partial charge on any atom is -0.457 e. The molecule has 9 heteroatoms. The van der Waals surface area contributed by atoms with Crippen molar-refractivity contribution in [1.29, 1.82) is 0 Å². The average Bonchev–Trinajstić information content (AvgIpc) is 2.53. The average molecular weight is 320 g/mol. The molecule has 2 aromatic rings. The maximum Gasteiger partial charge on any atom is 0.294 e. The van der Waals surface area contributed by atoms with Crippen LogP contribution in [0.25, 0.3) is 0 Å². The van der Waals surface area contributed by atoms with Crippen molar-refractivity contribution in [2.75, 3.05) is 0 Å². The molecule has 0 aliphatic carbocycles. The zero-order chi connectivity index (χ0) is 16.7. The zero-order valence-electron chi connectivity index (χ0n) is 11.8. The quantitative estimate of drug-likeness (QED) is 0.542. The van der Waals surface area contributed by atoms with Crippen molar-refractivity contribution in [2.24, 2.45) is 0 Å². The van der Waals surface area contributed by atoms with Crippen LogP contribution >= 0.6 is 0 Å². The number of benzene rings is 2. The molecule has 9 nitrogen and oxygen atoms in total. The molecule has 0 aromatic heterocycles. The van der Waals surface area contributed by atoms with Gasteiger partial charge in [-0.2, -0.15) is 0 Å². The van der Waals surface area contributed by atoms with E-state index in [9.17, 15) is 20.2 Å². The summed E-state index contributed by atoms with van der Waals surface area (Å²) >= 11 is 0. The third-order valence-corrected chi connectivity index (χ3v) is 2.82. The Morgan fingerprint density at radius 2 is 1.13 bits per heavy atom. The van der Waals surface area contributed by atoms with Gasteiger partial charge in [0.05, 0.1) is 0 Å². The van der Waals surface area contributed by atoms with Crippen molar-refractivity contribution in [2.45, 2.75) is 13.2 Å². The Labute approximate surface area is 130 Å². The van der Waals surface area contributed by atoms with Gasteiger partial charge in [-0.25, -0.2) is 0 Å². The van der Waals surface area contributed by atoms with Crippen LogP contribution < -0.4 is 4.74 Å². The Morgan fingerprint density at radius 3 is 1.52 bits per heavy atom. The monoisotopic (exact) mass is 320 g/mol. The first-order valence-electron chi connectivity index (χ1n) is 6.44. The fourth-order valence-electron chi connectivity index (χ4n) is 1.81. The highest BCUT2D eigenvalue weighted by Gasteiger charge is 2.10. The minimum atomic E-state index is -0.893. The molecule has 23 heavy (non-hydrogen) atoms. The molecule has 0 spiro atoms. The van der Waals surface area contributed by atoms with E-state index in [1.165, 1.54) is 0 Å². The highest BCUT2D eigenvalue weighted by Crippen LogP contribution is 2.29. The van der Waals surface area contributed by atoms with Crippen LogP contribution in [0.1, 0.15) is 11.1 Å². The van der Waals surface area contributed by atoms with E-state index < -0.39 is 10.2 Å². The maximum absolute atomic E-state index is 10.3. The highest BCUT2D eigenvalue weighted by molar-refractivity contribution is 5.40. The van der Waals surface area contributed by atoms with Crippen LogP contribution in [-0.2, 0) is 22.9 Å². The summed E-state index contributed by atoms with van der Waals surface area (Å²) in [6, 6.07) is 13.2. The lowest BCUT2D eigenvalue weighted by Crippen LogP contribution is -2.04. The van der Waals surface area contributed by atoms with Crippen molar-refractivity contribution in [1.82, 2.24) is 0 Å². The molecule has 0 amide bonds. The molecule has 0 unspecified atom stereocenters. The molecular weight excluding hydrogens is 308 g/mol. The fraction of sp³-hybridized carbons (Fsp3) is 0.143. The molecule has 2 rings (SSSR count). The van der Waals surface area contributed by atoms with Crippen molar-refractivity contribution >= 4 is 0 Å². The number of hydrogen-bond acceptors (Lipinski definition) is 7. The molecule has 0 fully saturated rings. The molecule has 0 aliphatic rings. The predicted molar refractivity (Wildman–Crippen MR) is 76.5 cm³/mol. The lowest BCUT2D eigenvalue weighted by Gasteiger charge is -2.13. The largest absolute Gasteiger partial charge is 0.457 e. The van der Waals surface area contributed by atoms with Crippen LogP contribution in [0.15, 0.2) is 48.5 Å². The summed E-state index contributed by atoms with van der Waals surface area (Å²) in [7, 11) is 0. The van der Waals surface area contributed by atoms with E-state index in [2.05, 4.69) is 9.68 Å². The molecule has 0 saturated heterocycles. The lowest BCUT2D eigenvalue weighted by atomic mass is 10.2. The number of hydrogen-bond donors (Lipinski definition) is 0. The van der Waals surface area contributed by atoms with Gasteiger partial charge in [0, 0.05) is 11.1 Å². The highest BCUT2D eigenvalue weighted by atomic mass is 17.0. The van der Waals surface area contributed by atoms with Crippen molar-refractivity contribution in [3.8, 4) is 11.5 Å². The van der Waals surface area contributed by atoms with E-state index in [0.717, 1.165) is 0 Å². The number of para-hydroxylation sites is 2. The third-order valence-electron chi connectivity index (χ3n) is 2.82. The Balaban J connectivity index is 2.19. The lowest BCUT2D eigenvalue weighted by molar-refractivity contribution is -0.763. The van der Waals surface area contributed by atoms with Crippen LogP contribution in [0, 0.1) is 20.2 Å². The first kappa shape index (κ1) is 16.0. The van der Waals surface area contributed by atoms with Crippen LogP contribution in [0.4, 0.5) is 0 Å². The Morgan fingerprint density at radius 1 is 0.739 bits per heavy atom. The summed E-state index contributed by atoms with van der Waals surface area (Å²) < 4.78 is 5.70. The summed E-state index contributed by atoms with van der Waals surface area (Å²) in [4.78, 5) is 29.3. The van der Waals surface area contributed by atoms with Gasteiger partial charge < -0.3 is 14.4 Å². The van der Waals surface area contributed by atoms with Gasteiger partial charge in [-0.3, -0.25) is 0 Å². The van der Waals surface area contributed by atoms with E-state index in [1.807, 2.05) is 0 Å². The van der Waals surface area contributed by atoms with Crippen LogP contribution in [-0.4, -0.2) is 10.2 Å². The molecule has 0 saturated carbocycles. The SMILES string of the molecule is O=[N+]([O-])OCc1ccccc1Oc1ccccc1CO[N+](=O)[O-]. The van der Waals surface area contributed by atoms with Crippen molar-refractivity contribution in [3.05, 3.63) is 79.9 Å². The Bertz CT molecular complexity index is 646. The smallest absolute Gasteiger partial charge is 0.294 e. The Kier molecular flexibility index (Phi) is 5.29. The summed E-state index contributed by atoms with van der Waals surface area (Å²) in [5.41, 5.74) is 0.934. The molecule has 0 radical (unpaired) electrons. The number of rotatable bonds is 8. The van der Waals surface area contributed by atoms with Crippen molar-refractivity contribution in [3.63, 3.8) is 0 Å². The third kappa shape index (κ3) is 4.84. The molecular formula is C14H12N2O7. The van der Waals surface area contributed by atoms with Gasteiger partial charge in [0.2, 0.25) is 0 Å². The summed E-state index contributed by atoms with van der Waals surface area (Å²) in [5, 5.41) is 18.8. The molecule has 0 aliphatic heterocycles. The van der Waals surface area contributed by atoms with E-state index >= 15 is 0 Å². The van der Waals surface area contributed by atoms with Crippen LogP contribution in [0.3, 0.4) is 0 Å². The van der Waals surface area contributed by atoms with Gasteiger partial charge in [0.25, 0.3) is 10.2 Å². The number of nitrogens with zero attached hydrogens (tertiary/aromatic N) is 2. The van der Waals surface area contributed by atoms with E-state index in [-0.39, 0.29) is 13.2 Å². The van der Waals surface area contributed by atoms with Gasteiger partial charge >= 0.3 is 0 Å². The van der Waals surface area contributed by atoms with Crippen LogP contribution in [0.2, 0.25) is 0 Å². The predicted octanol–water partition coefficient (Wildman–Crippen LogP) is 2.90. The van der Waals surface area contributed by atoms with Gasteiger partial charge in [0.1, 0.15) is 24.7 Å². The Hall–Kier alpha value is -3.36. The maximum atomic E-state index is 10.3. The topological polar surface area (TPSA) is 114 Å². The van der Waals surface area contributed by atoms with Crippen molar-refractivity contribution < 1.29 is 24.6 Å². The number of ether oxygens (including phenoxy) is 1. The van der Waals surface area contributed by atoms with Gasteiger partial charge in [-0.05, 0) is 12.1 Å². The molecule has 2 aromatic carbocycles. The molecule has 120 valence electrons. The van der Waals surface area contributed by atoms with E-state index in [1.54, 1.807) is 48.5 Å². The summed E-state index contributed by atoms with van der Waals surface area (Å²) in [6.45, 7) is -0.534. The second kappa shape index (κ2) is 7.59. The second-order valence-corrected chi connectivity index (χ2v) is 4.31. The van der Waals surface area contributed by atoms with Gasteiger partial charge in [-0.1, -0.05) is 36.4 Å². The van der Waals surface area contributed by atoms with Gasteiger partial charge in [0.15, 0.2) is 0 Å². The molecule has 0 bridgehead atoms. The zero-order valence-corrected chi connectivity index (χ0v) is 11.8. The second-order valence-electron chi connectivity index (χ2n) is 4.31. The standard InChI is InChI=1S/C14H12N2O7/c17-15(18)21-9-11-5-1-3-7-13(11)23-14-8-4-2-6-12(14)10-22-16(19)20/h1-8H,9-10H2. The van der Waals surface area contributed by atoms with Gasteiger partial charge in [-0.15, -0.1) is 20.2 Å². The molecule has 0 N–H and O–H groups in total. The van der Waals surface area contributed by atoms with Crippen LogP contribution in [0.5, 0.6) is 11.5 Å². The first-order valence-corrected chi connectivity index (χ1v) is 6.44. The van der Waals surface area contributed by atoms with E-state index in [0.29, 0.717) is 22.6 Å². The summed E-state index contributed by atoms with van der Waals surface area (Å²) in [6.07, 6.45) is 0. The summed E-state index contributed by atoms with van der Waals surface area (Å²) in [5.74, 6) is 0.700.